The molecular formula is C21H15N3O4. The Hall–Kier alpha value is -3.87. The van der Waals surface area contributed by atoms with Gasteiger partial charge in [0.05, 0.1) is 11.2 Å². The van der Waals surface area contributed by atoms with Crippen LogP contribution in [0.2, 0.25) is 0 Å². The molecule has 0 aliphatic carbocycles. The first kappa shape index (κ1) is 16.3. The fourth-order valence-corrected chi connectivity index (χ4v) is 3.02. The molecule has 2 aromatic carbocycles. The molecule has 2 aromatic heterocycles. The number of para-hydroxylation sites is 1. The molecule has 1 aliphatic heterocycles. The van der Waals surface area contributed by atoms with Crippen molar-refractivity contribution in [2.75, 3.05) is 6.79 Å². The van der Waals surface area contributed by atoms with Crippen molar-refractivity contribution in [2.45, 2.75) is 6.61 Å². The molecular weight excluding hydrogens is 358 g/mol. The Balaban J connectivity index is 1.44. The van der Waals surface area contributed by atoms with Crippen LogP contribution < -0.4 is 19.8 Å². The zero-order valence-corrected chi connectivity index (χ0v) is 14.7. The summed E-state index contributed by atoms with van der Waals surface area (Å²) in [5.41, 5.74) is 2.18. The number of hydrogen-bond donors (Lipinski definition) is 0. The van der Waals surface area contributed by atoms with Gasteiger partial charge in [-0.1, -0.05) is 24.3 Å². The van der Waals surface area contributed by atoms with E-state index in [4.69, 9.17) is 14.2 Å². The molecule has 7 nitrogen and oxygen atoms in total. The second-order valence-corrected chi connectivity index (χ2v) is 6.25. The van der Waals surface area contributed by atoms with E-state index in [0.29, 0.717) is 23.8 Å². The van der Waals surface area contributed by atoms with E-state index in [0.717, 1.165) is 17.0 Å². The summed E-state index contributed by atoms with van der Waals surface area (Å²) in [6.45, 7) is 0.523. The molecule has 0 saturated carbocycles. The Labute approximate surface area is 159 Å². The van der Waals surface area contributed by atoms with Crippen molar-refractivity contribution in [2.24, 2.45) is 0 Å². The summed E-state index contributed by atoms with van der Waals surface area (Å²) in [7, 11) is 0. The van der Waals surface area contributed by atoms with Gasteiger partial charge in [-0.2, -0.15) is 0 Å². The van der Waals surface area contributed by atoms with Crippen molar-refractivity contribution in [3.8, 4) is 23.1 Å². The van der Waals surface area contributed by atoms with E-state index in [9.17, 15) is 4.79 Å². The minimum absolute atomic E-state index is 0.229. The molecule has 138 valence electrons. The molecule has 5 rings (SSSR count). The monoisotopic (exact) mass is 373 g/mol. The Morgan fingerprint density at radius 2 is 1.86 bits per heavy atom. The third-order valence-electron chi connectivity index (χ3n) is 4.44. The maximum atomic E-state index is 12.9. The van der Waals surface area contributed by atoms with Crippen LogP contribution in [0.25, 0.3) is 16.7 Å². The Morgan fingerprint density at radius 3 is 2.75 bits per heavy atom. The highest BCUT2D eigenvalue weighted by atomic mass is 16.7. The number of benzene rings is 2. The second-order valence-electron chi connectivity index (χ2n) is 6.25. The molecule has 0 unspecified atom stereocenters. The van der Waals surface area contributed by atoms with Crippen LogP contribution in [0, 0.1) is 0 Å². The normalized spacial score (nSPS) is 12.3. The average Bonchev–Trinajstić information content (AvgIpc) is 3.21. The molecule has 0 atom stereocenters. The van der Waals surface area contributed by atoms with Crippen LogP contribution in [0.15, 0.2) is 71.8 Å². The predicted octanol–water partition coefficient (Wildman–Crippen LogP) is 3.09. The molecule has 1 aliphatic rings. The first-order chi connectivity index (χ1) is 13.8. The molecule has 0 saturated heterocycles. The lowest BCUT2D eigenvalue weighted by atomic mass is 10.2. The van der Waals surface area contributed by atoms with E-state index in [1.165, 1.54) is 10.9 Å². The van der Waals surface area contributed by atoms with Crippen molar-refractivity contribution in [3.63, 3.8) is 0 Å². The third kappa shape index (κ3) is 2.92. The molecule has 0 radical (unpaired) electrons. The van der Waals surface area contributed by atoms with Gasteiger partial charge in [0.15, 0.2) is 17.0 Å². The number of rotatable bonds is 4. The van der Waals surface area contributed by atoms with Crippen LogP contribution in [0.3, 0.4) is 0 Å². The predicted molar refractivity (Wildman–Crippen MR) is 102 cm³/mol. The van der Waals surface area contributed by atoms with E-state index >= 15 is 0 Å². The Morgan fingerprint density at radius 1 is 1.00 bits per heavy atom. The Bertz CT molecular complexity index is 1220. The van der Waals surface area contributed by atoms with Gasteiger partial charge >= 0.3 is 0 Å². The van der Waals surface area contributed by atoms with Crippen LogP contribution in [0.1, 0.15) is 5.56 Å². The molecule has 3 heterocycles. The number of hydrogen-bond acceptors (Lipinski definition) is 6. The molecule has 0 spiro atoms. The quantitative estimate of drug-likeness (QED) is 0.547. The topological polar surface area (TPSA) is 75.5 Å². The van der Waals surface area contributed by atoms with Gasteiger partial charge in [0.2, 0.25) is 12.7 Å². The molecule has 7 heteroatoms. The highest BCUT2D eigenvalue weighted by Gasteiger charge is 2.14. The van der Waals surface area contributed by atoms with Crippen LogP contribution in [0.5, 0.6) is 17.4 Å². The molecule has 0 amide bonds. The molecule has 0 N–H and O–H groups in total. The summed E-state index contributed by atoms with van der Waals surface area (Å²) in [6.07, 6.45) is 1.51. The van der Waals surface area contributed by atoms with E-state index < -0.39 is 0 Å². The zero-order valence-electron chi connectivity index (χ0n) is 14.7. The van der Waals surface area contributed by atoms with E-state index in [2.05, 4.69) is 9.97 Å². The van der Waals surface area contributed by atoms with Gasteiger partial charge in [0.1, 0.15) is 12.9 Å². The zero-order chi connectivity index (χ0) is 18.9. The number of aromatic nitrogens is 3. The summed E-state index contributed by atoms with van der Waals surface area (Å²) in [4.78, 5) is 21.6. The van der Waals surface area contributed by atoms with Crippen LogP contribution >= 0.6 is 0 Å². The van der Waals surface area contributed by atoms with Crippen LogP contribution in [-0.2, 0) is 6.61 Å². The number of pyridine rings is 1. The minimum atomic E-state index is -0.246. The lowest BCUT2D eigenvalue weighted by Gasteiger charge is -2.08. The first-order valence-electron chi connectivity index (χ1n) is 8.73. The van der Waals surface area contributed by atoms with Gasteiger partial charge in [-0.05, 0) is 35.9 Å². The summed E-state index contributed by atoms with van der Waals surface area (Å²) in [5, 5.41) is 0. The SMILES string of the molecule is O=c1c2nc(OCc3ccc4c(c3)OCO4)ccc2ncn1-c1ccccc1. The van der Waals surface area contributed by atoms with Gasteiger partial charge in [-0.15, -0.1) is 0 Å². The van der Waals surface area contributed by atoms with Crippen LogP contribution in [-0.4, -0.2) is 21.3 Å². The summed E-state index contributed by atoms with van der Waals surface area (Å²) < 4.78 is 17.9. The van der Waals surface area contributed by atoms with Gasteiger partial charge in [-0.25, -0.2) is 9.97 Å². The van der Waals surface area contributed by atoms with Crippen molar-refractivity contribution >= 4 is 11.0 Å². The van der Waals surface area contributed by atoms with E-state index in [-0.39, 0.29) is 17.9 Å². The number of nitrogens with zero attached hydrogens (tertiary/aromatic N) is 3. The standard InChI is InChI=1S/C21H15N3O4/c25-21-20-16(22-12-24(21)15-4-2-1-3-5-15)7-9-19(23-20)26-11-14-6-8-17-18(10-14)28-13-27-17/h1-10,12H,11,13H2. The maximum absolute atomic E-state index is 12.9. The second kappa shape index (κ2) is 6.70. The molecule has 0 fully saturated rings. The fraction of sp³-hybridized carbons (Fsp3) is 0.0952. The van der Waals surface area contributed by atoms with Crippen molar-refractivity contribution < 1.29 is 14.2 Å². The number of ether oxygens (including phenoxy) is 3. The highest BCUT2D eigenvalue weighted by Crippen LogP contribution is 2.32. The van der Waals surface area contributed by atoms with E-state index in [1.807, 2.05) is 48.5 Å². The van der Waals surface area contributed by atoms with Gasteiger partial charge in [0, 0.05) is 6.07 Å². The van der Waals surface area contributed by atoms with Crippen molar-refractivity contribution in [3.05, 3.63) is 82.9 Å². The number of fused-ring (bicyclic) bond motifs is 2. The van der Waals surface area contributed by atoms with Crippen molar-refractivity contribution in [1.82, 2.24) is 14.5 Å². The lowest BCUT2D eigenvalue weighted by Crippen LogP contribution is -2.19. The van der Waals surface area contributed by atoms with Crippen molar-refractivity contribution in [1.29, 1.82) is 0 Å². The van der Waals surface area contributed by atoms with E-state index in [1.54, 1.807) is 12.1 Å². The molecule has 28 heavy (non-hydrogen) atoms. The average molecular weight is 373 g/mol. The summed E-state index contributed by atoms with van der Waals surface area (Å²) >= 11 is 0. The molecule has 0 bridgehead atoms. The summed E-state index contributed by atoms with van der Waals surface area (Å²) in [5.74, 6) is 1.78. The largest absolute Gasteiger partial charge is 0.473 e. The maximum Gasteiger partial charge on any atom is 0.284 e. The van der Waals surface area contributed by atoms with Gasteiger partial charge in [0.25, 0.3) is 5.56 Å². The lowest BCUT2D eigenvalue weighted by molar-refractivity contribution is 0.174. The highest BCUT2D eigenvalue weighted by molar-refractivity contribution is 5.73. The van der Waals surface area contributed by atoms with Gasteiger partial charge < -0.3 is 14.2 Å². The minimum Gasteiger partial charge on any atom is -0.473 e. The fourth-order valence-electron chi connectivity index (χ4n) is 3.02. The van der Waals surface area contributed by atoms with Crippen LogP contribution in [0.4, 0.5) is 0 Å². The Kier molecular flexibility index (Phi) is 3.90. The van der Waals surface area contributed by atoms with Gasteiger partial charge in [-0.3, -0.25) is 9.36 Å². The smallest absolute Gasteiger partial charge is 0.284 e. The summed E-state index contributed by atoms with van der Waals surface area (Å²) in [6, 6.07) is 18.4. The third-order valence-corrected chi connectivity index (χ3v) is 4.44. The molecule has 4 aromatic rings. The first-order valence-corrected chi connectivity index (χ1v) is 8.73.